The fourth-order valence-corrected chi connectivity index (χ4v) is 2.80. The molecule has 1 atom stereocenters. The second-order valence-corrected chi connectivity index (χ2v) is 6.27. The molecule has 110 valence electrons. The molecule has 0 radical (unpaired) electrons. The molecular weight excluding hydrogens is 276 g/mol. The summed E-state index contributed by atoms with van der Waals surface area (Å²) in [5, 5.41) is 11.1. The van der Waals surface area contributed by atoms with E-state index in [4.69, 9.17) is 11.6 Å². The van der Waals surface area contributed by atoms with Crippen molar-refractivity contribution in [1.29, 1.82) is 0 Å². The molecule has 0 bridgehead atoms. The van der Waals surface area contributed by atoms with Crippen molar-refractivity contribution in [1.82, 2.24) is 9.80 Å². The third-order valence-corrected chi connectivity index (χ3v) is 3.82. The molecule has 20 heavy (non-hydrogen) atoms. The molecule has 2 rings (SSSR count). The molecule has 1 aromatic rings. The van der Waals surface area contributed by atoms with Crippen LogP contribution in [0.15, 0.2) is 24.3 Å². The largest absolute Gasteiger partial charge is 0.387 e. The van der Waals surface area contributed by atoms with Crippen LogP contribution in [0.4, 0.5) is 0 Å². The molecule has 1 fully saturated rings. The highest BCUT2D eigenvalue weighted by molar-refractivity contribution is 6.30. The lowest BCUT2D eigenvalue weighted by Crippen LogP contribution is -2.43. The van der Waals surface area contributed by atoms with Crippen LogP contribution in [-0.4, -0.2) is 60.1 Å². The van der Waals surface area contributed by atoms with Crippen LogP contribution in [0.5, 0.6) is 0 Å². The molecule has 1 heterocycles. The predicted octanol–water partition coefficient (Wildman–Crippen LogP) is 1.41. The Balaban J connectivity index is 1.93. The number of rotatable bonds is 4. The van der Waals surface area contributed by atoms with Crippen LogP contribution in [-0.2, 0) is 11.2 Å². The van der Waals surface area contributed by atoms with Crippen molar-refractivity contribution in [2.45, 2.75) is 18.4 Å². The number of β-amino-alcohol motifs (C(OH)–C–C–N with tert-alkyl or cyclic N) is 1. The number of hydrogen-bond donors (Lipinski definition) is 1. The number of hydrogen-bond acceptors (Lipinski definition) is 3. The lowest BCUT2D eigenvalue weighted by atomic mass is 10.0. The topological polar surface area (TPSA) is 43.8 Å². The average Bonchev–Trinajstić information content (AvgIpc) is 2.73. The minimum Gasteiger partial charge on any atom is -0.387 e. The first kappa shape index (κ1) is 15.3. The number of carbonyl (C=O) groups excluding carboxylic acids is 1. The number of aliphatic hydroxyl groups is 1. The molecule has 1 saturated heterocycles. The molecule has 5 heteroatoms. The molecule has 0 aromatic heterocycles. The predicted molar refractivity (Wildman–Crippen MR) is 79.9 cm³/mol. The summed E-state index contributed by atoms with van der Waals surface area (Å²) < 4.78 is 0. The molecule has 0 unspecified atom stereocenters. The number of likely N-dealkylation sites (N-methyl/N-ethyl adjacent to an activating group) is 1. The number of benzene rings is 1. The zero-order valence-corrected chi connectivity index (χ0v) is 12.7. The van der Waals surface area contributed by atoms with Crippen molar-refractivity contribution < 1.29 is 9.90 Å². The Kier molecular flexibility index (Phi) is 4.68. The van der Waals surface area contributed by atoms with Gasteiger partial charge in [-0.15, -0.1) is 0 Å². The minimum atomic E-state index is -0.779. The average molecular weight is 297 g/mol. The summed E-state index contributed by atoms with van der Waals surface area (Å²) in [6.07, 6.45) is 0.993. The number of nitrogens with zero attached hydrogens (tertiary/aromatic N) is 2. The Labute approximate surface area is 124 Å². The van der Waals surface area contributed by atoms with Gasteiger partial charge >= 0.3 is 0 Å². The highest BCUT2D eigenvalue weighted by Crippen LogP contribution is 2.22. The number of carbonyl (C=O) groups is 1. The molecule has 1 aliphatic heterocycles. The summed E-state index contributed by atoms with van der Waals surface area (Å²) in [6, 6.07) is 7.30. The maximum absolute atomic E-state index is 12.2. The van der Waals surface area contributed by atoms with Gasteiger partial charge in [0.2, 0.25) is 5.91 Å². The van der Waals surface area contributed by atoms with Gasteiger partial charge in [0.25, 0.3) is 0 Å². The Hall–Kier alpha value is -1.10. The van der Waals surface area contributed by atoms with E-state index in [1.165, 1.54) is 0 Å². The third kappa shape index (κ3) is 3.95. The zero-order chi connectivity index (χ0) is 14.8. The first-order chi connectivity index (χ1) is 9.38. The van der Waals surface area contributed by atoms with E-state index in [1.807, 2.05) is 31.1 Å². The van der Waals surface area contributed by atoms with Gasteiger partial charge in [0.15, 0.2) is 0 Å². The van der Waals surface area contributed by atoms with Crippen molar-refractivity contribution in [3.63, 3.8) is 0 Å². The van der Waals surface area contributed by atoms with Gasteiger partial charge in [-0.2, -0.15) is 0 Å². The van der Waals surface area contributed by atoms with E-state index in [-0.39, 0.29) is 5.91 Å². The van der Waals surface area contributed by atoms with Gasteiger partial charge in [-0.1, -0.05) is 23.7 Å². The number of halogens is 1. The van der Waals surface area contributed by atoms with Gasteiger partial charge < -0.3 is 14.9 Å². The molecule has 1 amide bonds. The summed E-state index contributed by atoms with van der Waals surface area (Å²) in [5.74, 6) is 0.0574. The van der Waals surface area contributed by atoms with Crippen molar-refractivity contribution >= 4 is 17.5 Å². The second kappa shape index (κ2) is 6.12. The first-order valence-corrected chi connectivity index (χ1v) is 7.15. The van der Waals surface area contributed by atoms with Gasteiger partial charge in [0.05, 0.1) is 18.6 Å². The minimum absolute atomic E-state index is 0.0574. The standard InChI is InChI=1S/C15H21ClN2O2/c1-17(2)10-15(20)7-8-18(11-15)14(19)9-12-3-5-13(16)6-4-12/h3-6,20H,7-11H2,1-2H3/t15-/m1/s1. The van der Waals surface area contributed by atoms with E-state index in [2.05, 4.69) is 0 Å². The van der Waals surface area contributed by atoms with E-state index < -0.39 is 5.60 Å². The van der Waals surface area contributed by atoms with Gasteiger partial charge in [-0.3, -0.25) is 4.79 Å². The molecule has 0 aliphatic carbocycles. The third-order valence-electron chi connectivity index (χ3n) is 3.56. The van der Waals surface area contributed by atoms with Crippen molar-refractivity contribution in [3.8, 4) is 0 Å². The maximum atomic E-state index is 12.2. The number of likely N-dealkylation sites (tertiary alicyclic amines) is 1. The number of amides is 1. The SMILES string of the molecule is CN(C)C[C@]1(O)CCN(C(=O)Cc2ccc(Cl)cc2)C1. The Morgan fingerprint density at radius 1 is 1.40 bits per heavy atom. The zero-order valence-electron chi connectivity index (χ0n) is 12.0. The molecule has 0 saturated carbocycles. The molecule has 0 spiro atoms. The van der Waals surface area contributed by atoms with Crippen LogP contribution in [0.1, 0.15) is 12.0 Å². The smallest absolute Gasteiger partial charge is 0.227 e. The van der Waals surface area contributed by atoms with E-state index >= 15 is 0 Å². The highest BCUT2D eigenvalue weighted by Gasteiger charge is 2.38. The summed E-state index contributed by atoms with van der Waals surface area (Å²) >= 11 is 5.83. The van der Waals surface area contributed by atoms with Crippen LogP contribution in [0.25, 0.3) is 0 Å². The maximum Gasteiger partial charge on any atom is 0.227 e. The molecular formula is C15H21ClN2O2. The van der Waals surface area contributed by atoms with Crippen LogP contribution in [0, 0.1) is 0 Å². The second-order valence-electron chi connectivity index (χ2n) is 5.83. The van der Waals surface area contributed by atoms with E-state index in [0.29, 0.717) is 37.5 Å². The van der Waals surface area contributed by atoms with Gasteiger partial charge in [0.1, 0.15) is 0 Å². The van der Waals surface area contributed by atoms with E-state index in [9.17, 15) is 9.90 Å². The van der Waals surface area contributed by atoms with Gasteiger partial charge in [-0.25, -0.2) is 0 Å². The summed E-state index contributed by atoms with van der Waals surface area (Å²) in [6.45, 7) is 1.62. The van der Waals surface area contributed by atoms with Crippen LogP contribution in [0.3, 0.4) is 0 Å². The van der Waals surface area contributed by atoms with Gasteiger partial charge in [0, 0.05) is 18.1 Å². The van der Waals surface area contributed by atoms with Crippen molar-refractivity contribution in [2.24, 2.45) is 0 Å². The molecule has 1 aliphatic rings. The lowest BCUT2D eigenvalue weighted by Gasteiger charge is -2.26. The fraction of sp³-hybridized carbons (Fsp3) is 0.533. The summed E-state index contributed by atoms with van der Waals surface area (Å²) in [5.41, 5.74) is 0.168. The highest BCUT2D eigenvalue weighted by atomic mass is 35.5. The fourth-order valence-electron chi connectivity index (χ4n) is 2.68. The van der Waals surface area contributed by atoms with Crippen molar-refractivity contribution in [2.75, 3.05) is 33.7 Å². The van der Waals surface area contributed by atoms with E-state index in [0.717, 1.165) is 5.56 Å². The first-order valence-electron chi connectivity index (χ1n) is 6.77. The molecule has 1 aromatic carbocycles. The normalized spacial score (nSPS) is 22.6. The van der Waals surface area contributed by atoms with Crippen LogP contribution >= 0.6 is 11.6 Å². The monoisotopic (exact) mass is 296 g/mol. The summed E-state index contributed by atoms with van der Waals surface area (Å²) in [4.78, 5) is 15.9. The Morgan fingerprint density at radius 3 is 2.65 bits per heavy atom. The van der Waals surface area contributed by atoms with E-state index in [1.54, 1.807) is 17.0 Å². The Morgan fingerprint density at radius 2 is 2.05 bits per heavy atom. The van der Waals surface area contributed by atoms with Crippen LogP contribution in [0.2, 0.25) is 5.02 Å². The molecule has 4 nitrogen and oxygen atoms in total. The van der Waals surface area contributed by atoms with Crippen molar-refractivity contribution in [3.05, 3.63) is 34.9 Å². The summed E-state index contributed by atoms with van der Waals surface area (Å²) in [7, 11) is 3.85. The van der Waals surface area contributed by atoms with Crippen LogP contribution < -0.4 is 0 Å². The lowest BCUT2D eigenvalue weighted by molar-refractivity contribution is -0.130. The molecule has 1 N–H and O–H groups in total. The van der Waals surface area contributed by atoms with Gasteiger partial charge in [-0.05, 0) is 38.2 Å². The quantitative estimate of drug-likeness (QED) is 0.913. The Bertz CT molecular complexity index is 475.